The Morgan fingerprint density at radius 1 is 1.15 bits per heavy atom. The van der Waals surface area contributed by atoms with Gasteiger partial charge in [0.05, 0.1) is 15.7 Å². The predicted octanol–water partition coefficient (Wildman–Crippen LogP) is 1.83. The van der Waals surface area contributed by atoms with Gasteiger partial charge in [-0.25, -0.2) is 8.42 Å². The molecule has 138 valence electrons. The molecule has 0 atom stereocenters. The summed E-state index contributed by atoms with van der Waals surface area (Å²) in [5.74, 6) is 0.496. The number of benzene rings is 1. The summed E-state index contributed by atoms with van der Waals surface area (Å²) in [5.41, 5.74) is 0.408. The normalized spacial score (nSPS) is 15.4. The van der Waals surface area contributed by atoms with Crippen molar-refractivity contribution >= 4 is 15.7 Å². The van der Waals surface area contributed by atoms with Crippen LogP contribution < -0.4 is 0 Å². The molecular formula is C16H13N5O5S. The molecule has 4 rings (SSSR count). The van der Waals surface area contributed by atoms with E-state index >= 15 is 0 Å². The molecule has 0 unspecified atom stereocenters. The Labute approximate surface area is 153 Å². The number of rotatable bonds is 5. The molecule has 1 aliphatic heterocycles. The third-order valence-corrected chi connectivity index (χ3v) is 6.06. The van der Waals surface area contributed by atoms with Crippen LogP contribution in [0.2, 0.25) is 0 Å². The van der Waals surface area contributed by atoms with Crippen molar-refractivity contribution in [3.05, 3.63) is 64.7 Å². The molecule has 0 saturated carbocycles. The minimum absolute atomic E-state index is 0.00579. The number of nitro groups is 1. The van der Waals surface area contributed by atoms with Gasteiger partial charge < -0.3 is 4.52 Å². The Balaban J connectivity index is 1.46. The minimum Gasteiger partial charge on any atom is -0.339 e. The number of hydrogen-bond donors (Lipinski definition) is 0. The molecule has 0 spiro atoms. The number of sulfonamides is 1. The van der Waals surface area contributed by atoms with Gasteiger partial charge >= 0.3 is 0 Å². The van der Waals surface area contributed by atoms with Gasteiger partial charge in [-0.2, -0.15) is 9.29 Å². The second kappa shape index (κ2) is 6.52. The molecule has 2 aromatic heterocycles. The molecule has 0 aliphatic carbocycles. The number of nitro benzene ring substituents is 1. The van der Waals surface area contributed by atoms with Crippen LogP contribution in [0.4, 0.5) is 5.69 Å². The third kappa shape index (κ3) is 3.17. The van der Waals surface area contributed by atoms with Crippen LogP contribution in [0.1, 0.15) is 11.8 Å². The van der Waals surface area contributed by atoms with Gasteiger partial charge in [0, 0.05) is 31.4 Å². The van der Waals surface area contributed by atoms with Crippen molar-refractivity contribution in [1.82, 2.24) is 19.4 Å². The van der Waals surface area contributed by atoms with E-state index in [1.54, 1.807) is 24.4 Å². The standard InChI is InChI=1S/C16H13N5O5S/c22-21(23)12-4-6-13(7-5-12)27(24,25)20-9-11(10-20)16-18-15(19-26-16)14-3-1-2-8-17-14/h1-8,11H,9-10H2. The SMILES string of the molecule is O=[N+]([O-])c1ccc(S(=O)(=O)N2CC(c3nc(-c4ccccn4)no3)C2)cc1. The molecular weight excluding hydrogens is 374 g/mol. The lowest BCUT2D eigenvalue weighted by Crippen LogP contribution is -2.48. The molecule has 0 amide bonds. The molecule has 11 heteroatoms. The maximum atomic E-state index is 12.6. The topological polar surface area (TPSA) is 132 Å². The first kappa shape index (κ1) is 17.2. The van der Waals surface area contributed by atoms with E-state index in [1.807, 2.05) is 0 Å². The molecule has 0 N–H and O–H groups in total. The van der Waals surface area contributed by atoms with Crippen LogP contribution in [0.3, 0.4) is 0 Å². The minimum atomic E-state index is -3.72. The lowest BCUT2D eigenvalue weighted by molar-refractivity contribution is -0.384. The maximum Gasteiger partial charge on any atom is 0.269 e. The number of nitrogens with zero attached hydrogens (tertiary/aromatic N) is 5. The molecule has 0 radical (unpaired) electrons. The first-order valence-electron chi connectivity index (χ1n) is 7.95. The van der Waals surface area contributed by atoms with Crippen molar-refractivity contribution < 1.29 is 17.9 Å². The van der Waals surface area contributed by atoms with Gasteiger partial charge in [0.1, 0.15) is 5.69 Å². The zero-order chi connectivity index (χ0) is 19.0. The Hall–Kier alpha value is -3.18. The van der Waals surface area contributed by atoms with Crippen LogP contribution in [0.5, 0.6) is 0 Å². The first-order valence-corrected chi connectivity index (χ1v) is 9.39. The van der Waals surface area contributed by atoms with Crippen molar-refractivity contribution in [3.8, 4) is 11.5 Å². The molecule has 10 nitrogen and oxygen atoms in total. The second-order valence-electron chi connectivity index (χ2n) is 5.94. The highest BCUT2D eigenvalue weighted by Crippen LogP contribution is 2.32. The predicted molar refractivity (Wildman–Crippen MR) is 92.1 cm³/mol. The van der Waals surface area contributed by atoms with E-state index in [0.29, 0.717) is 17.4 Å². The van der Waals surface area contributed by atoms with E-state index in [2.05, 4.69) is 15.1 Å². The van der Waals surface area contributed by atoms with Gasteiger partial charge in [-0.05, 0) is 24.3 Å². The molecule has 0 bridgehead atoms. The van der Waals surface area contributed by atoms with Gasteiger partial charge in [0.15, 0.2) is 0 Å². The zero-order valence-corrected chi connectivity index (χ0v) is 14.6. The van der Waals surface area contributed by atoms with E-state index in [0.717, 1.165) is 0 Å². The molecule has 3 heterocycles. The van der Waals surface area contributed by atoms with Gasteiger partial charge in [-0.15, -0.1) is 0 Å². The van der Waals surface area contributed by atoms with Gasteiger partial charge in [-0.1, -0.05) is 11.2 Å². The highest BCUT2D eigenvalue weighted by Gasteiger charge is 2.40. The van der Waals surface area contributed by atoms with Crippen molar-refractivity contribution in [2.75, 3.05) is 13.1 Å². The van der Waals surface area contributed by atoms with Crippen molar-refractivity contribution in [2.24, 2.45) is 0 Å². The van der Waals surface area contributed by atoms with E-state index < -0.39 is 14.9 Å². The maximum absolute atomic E-state index is 12.6. The van der Waals surface area contributed by atoms with E-state index in [-0.39, 0.29) is 29.6 Å². The largest absolute Gasteiger partial charge is 0.339 e. The van der Waals surface area contributed by atoms with Gasteiger partial charge in [0.25, 0.3) is 5.69 Å². The summed E-state index contributed by atoms with van der Waals surface area (Å²) in [6.07, 6.45) is 1.62. The average Bonchev–Trinajstić information content (AvgIpc) is 3.10. The highest BCUT2D eigenvalue weighted by atomic mass is 32.2. The molecule has 1 aromatic carbocycles. The summed E-state index contributed by atoms with van der Waals surface area (Å²) in [4.78, 5) is 18.5. The second-order valence-corrected chi connectivity index (χ2v) is 7.88. The third-order valence-electron chi connectivity index (χ3n) is 4.22. The Morgan fingerprint density at radius 3 is 2.52 bits per heavy atom. The average molecular weight is 387 g/mol. The first-order chi connectivity index (χ1) is 12.9. The summed E-state index contributed by atoms with van der Waals surface area (Å²) in [6.45, 7) is 0.395. The van der Waals surface area contributed by atoms with E-state index in [4.69, 9.17) is 4.52 Å². The Kier molecular flexibility index (Phi) is 4.16. The lowest BCUT2D eigenvalue weighted by atomic mass is 10.0. The molecule has 27 heavy (non-hydrogen) atoms. The lowest BCUT2D eigenvalue weighted by Gasteiger charge is -2.35. The summed E-state index contributed by atoms with van der Waals surface area (Å²) in [7, 11) is -3.72. The fourth-order valence-electron chi connectivity index (χ4n) is 2.68. The molecule has 1 fully saturated rings. The fourth-order valence-corrected chi connectivity index (χ4v) is 4.21. The molecule has 1 aliphatic rings. The highest BCUT2D eigenvalue weighted by molar-refractivity contribution is 7.89. The molecule has 3 aromatic rings. The summed E-state index contributed by atoms with van der Waals surface area (Å²) < 4.78 is 31.7. The quantitative estimate of drug-likeness (QED) is 0.478. The van der Waals surface area contributed by atoms with Gasteiger partial charge in [-0.3, -0.25) is 15.1 Å². The Bertz CT molecular complexity index is 1080. The van der Waals surface area contributed by atoms with Crippen LogP contribution in [-0.4, -0.2) is 45.9 Å². The van der Waals surface area contributed by atoms with Crippen LogP contribution in [0, 0.1) is 10.1 Å². The molecule has 1 saturated heterocycles. The number of hydrogen-bond acceptors (Lipinski definition) is 8. The van der Waals surface area contributed by atoms with Crippen LogP contribution in [0.25, 0.3) is 11.5 Å². The van der Waals surface area contributed by atoms with Crippen molar-refractivity contribution in [1.29, 1.82) is 0 Å². The smallest absolute Gasteiger partial charge is 0.269 e. The number of non-ortho nitro benzene ring substituents is 1. The fraction of sp³-hybridized carbons (Fsp3) is 0.188. The Morgan fingerprint density at radius 2 is 1.89 bits per heavy atom. The van der Waals surface area contributed by atoms with E-state index in [9.17, 15) is 18.5 Å². The summed E-state index contributed by atoms with van der Waals surface area (Å²) in [6, 6.07) is 10.1. The monoisotopic (exact) mass is 387 g/mol. The van der Waals surface area contributed by atoms with E-state index in [1.165, 1.54) is 28.6 Å². The van der Waals surface area contributed by atoms with Crippen molar-refractivity contribution in [2.45, 2.75) is 10.8 Å². The summed E-state index contributed by atoms with van der Waals surface area (Å²) in [5, 5.41) is 14.6. The summed E-state index contributed by atoms with van der Waals surface area (Å²) >= 11 is 0. The number of pyridine rings is 1. The van der Waals surface area contributed by atoms with Crippen LogP contribution >= 0.6 is 0 Å². The van der Waals surface area contributed by atoms with Crippen molar-refractivity contribution in [3.63, 3.8) is 0 Å². The van der Waals surface area contributed by atoms with Crippen LogP contribution in [-0.2, 0) is 10.0 Å². The zero-order valence-electron chi connectivity index (χ0n) is 13.8. The van der Waals surface area contributed by atoms with Gasteiger partial charge in [0.2, 0.25) is 21.7 Å². The number of aromatic nitrogens is 3. The van der Waals surface area contributed by atoms with Crippen LogP contribution in [0.15, 0.2) is 58.1 Å².